The summed E-state index contributed by atoms with van der Waals surface area (Å²) < 4.78 is 6.25. The molecule has 2 bridgehead atoms. The van der Waals surface area contributed by atoms with Crippen LogP contribution >= 0.6 is 15.9 Å². The van der Waals surface area contributed by atoms with E-state index in [1.165, 1.54) is 0 Å². The first kappa shape index (κ1) is 24.7. The maximum absolute atomic E-state index is 14.0. The summed E-state index contributed by atoms with van der Waals surface area (Å²) in [5, 5.41) is 0. The maximum Gasteiger partial charge on any atom is 0.330 e. The molecule has 1 saturated heterocycles. The van der Waals surface area contributed by atoms with E-state index in [1.807, 2.05) is 48.5 Å². The topological polar surface area (TPSA) is 80.8 Å². The van der Waals surface area contributed by atoms with Gasteiger partial charge in [-0.1, -0.05) is 90.4 Å². The molecule has 4 aliphatic rings. The number of esters is 1. The predicted molar refractivity (Wildman–Crippen MR) is 143 cm³/mol. The van der Waals surface area contributed by atoms with E-state index in [-0.39, 0.29) is 35.4 Å². The van der Waals surface area contributed by atoms with Gasteiger partial charge in [0, 0.05) is 21.9 Å². The Labute approximate surface area is 229 Å². The lowest BCUT2D eigenvalue weighted by molar-refractivity contribution is -0.160. The second kappa shape index (κ2) is 9.31. The Bertz CT molecular complexity index is 1360. The monoisotopic (exact) mass is 571 g/mol. The van der Waals surface area contributed by atoms with E-state index >= 15 is 0 Å². The van der Waals surface area contributed by atoms with Gasteiger partial charge < -0.3 is 4.74 Å². The van der Waals surface area contributed by atoms with Crippen LogP contribution in [-0.2, 0) is 19.1 Å². The van der Waals surface area contributed by atoms with Crippen molar-refractivity contribution in [1.82, 2.24) is 4.90 Å². The van der Waals surface area contributed by atoms with Gasteiger partial charge >= 0.3 is 5.97 Å². The van der Waals surface area contributed by atoms with Gasteiger partial charge in [-0.3, -0.25) is 19.3 Å². The average Bonchev–Trinajstić information content (AvgIpc) is 3.18. The first-order valence-corrected chi connectivity index (χ1v) is 13.6. The lowest BCUT2D eigenvalue weighted by Gasteiger charge is -2.45. The van der Waals surface area contributed by atoms with Crippen molar-refractivity contribution in [1.29, 1.82) is 0 Å². The van der Waals surface area contributed by atoms with Crippen molar-refractivity contribution in [3.63, 3.8) is 0 Å². The molecule has 2 amide bonds. The second-order valence-corrected chi connectivity index (χ2v) is 11.5. The van der Waals surface area contributed by atoms with Crippen LogP contribution in [0.2, 0.25) is 0 Å². The summed E-state index contributed by atoms with van der Waals surface area (Å²) >= 11 is 3.33. The number of hydrogen-bond donors (Lipinski definition) is 0. The molecule has 1 aliphatic heterocycles. The largest absolute Gasteiger partial charge is 0.456 e. The highest BCUT2D eigenvalue weighted by molar-refractivity contribution is 9.10. The molecule has 1 heterocycles. The minimum atomic E-state index is -1.11. The molecule has 0 unspecified atom stereocenters. The summed E-state index contributed by atoms with van der Waals surface area (Å²) in [5.74, 6) is -3.81. The number of Topliss-reactive ketones (excluding diaryl/α,β-unsaturated/α-hetero) is 1. The quantitative estimate of drug-likeness (QED) is 0.234. The minimum Gasteiger partial charge on any atom is -0.456 e. The number of hydrogen-bond acceptors (Lipinski definition) is 5. The van der Waals surface area contributed by atoms with Crippen LogP contribution in [0.25, 0.3) is 0 Å². The predicted octanol–water partition coefficient (Wildman–Crippen LogP) is 5.09. The summed E-state index contributed by atoms with van der Waals surface area (Å²) in [4.78, 5) is 55.2. The molecule has 1 fully saturated rings. The van der Waals surface area contributed by atoms with Crippen LogP contribution in [0.15, 0.2) is 77.3 Å². The zero-order valence-corrected chi connectivity index (χ0v) is 22.6. The molecule has 0 aromatic heterocycles. The van der Waals surface area contributed by atoms with Crippen molar-refractivity contribution in [2.75, 3.05) is 6.61 Å². The standard InChI is InChI=1S/C31H26BrNO5/c1-16(2)28(31(37)38-15-23(34)17-11-13-18(32)14-12-17)33-29(35)26-24-19-7-3-4-8-20(19)25(27(26)30(33)36)22-10-6-5-9-21(22)24/h3-14,16,24-28H,15H2,1-2H3/t24?,25?,26-,27+,28-/m0/s1. The Morgan fingerprint density at radius 1 is 0.789 bits per heavy atom. The van der Waals surface area contributed by atoms with Crippen LogP contribution in [0.4, 0.5) is 0 Å². The number of likely N-dealkylation sites (tertiary alicyclic amines) is 1. The molecule has 38 heavy (non-hydrogen) atoms. The van der Waals surface area contributed by atoms with Crippen molar-refractivity contribution < 1.29 is 23.9 Å². The average molecular weight is 572 g/mol. The molecule has 3 aromatic carbocycles. The van der Waals surface area contributed by atoms with Gasteiger partial charge in [0.2, 0.25) is 11.8 Å². The van der Waals surface area contributed by atoms with E-state index in [4.69, 9.17) is 4.74 Å². The van der Waals surface area contributed by atoms with Crippen LogP contribution in [0, 0.1) is 17.8 Å². The molecule has 0 radical (unpaired) electrons. The van der Waals surface area contributed by atoms with E-state index in [2.05, 4.69) is 15.9 Å². The van der Waals surface area contributed by atoms with Crippen molar-refractivity contribution in [3.8, 4) is 0 Å². The Hall–Kier alpha value is -3.58. The van der Waals surface area contributed by atoms with Gasteiger partial charge in [0.15, 0.2) is 12.4 Å². The van der Waals surface area contributed by atoms with Crippen molar-refractivity contribution >= 4 is 39.5 Å². The number of ether oxygens (including phenoxy) is 1. The summed E-state index contributed by atoms with van der Waals surface area (Å²) in [7, 11) is 0. The van der Waals surface area contributed by atoms with Crippen molar-refractivity contribution in [2.24, 2.45) is 17.8 Å². The molecular formula is C31H26BrNO5. The third-order valence-corrected chi connectivity index (χ3v) is 8.67. The van der Waals surface area contributed by atoms with E-state index in [9.17, 15) is 19.2 Å². The summed E-state index contributed by atoms with van der Waals surface area (Å²) in [6.45, 7) is 3.10. The van der Waals surface area contributed by atoms with Gasteiger partial charge in [-0.2, -0.15) is 0 Å². The van der Waals surface area contributed by atoms with Crippen LogP contribution in [0.3, 0.4) is 0 Å². The summed E-state index contributed by atoms with van der Waals surface area (Å²) in [5.41, 5.74) is 4.70. The molecule has 0 spiro atoms. The number of benzene rings is 3. The van der Waals surface area contributed by atoms with Gasteiger partial charge in [0.1, 0.15) is 6.04 Å². The molecule has 0 N–H and O–H groups in total. The molecule has 0 saturated carbocycles. The number of imide groups is 1. The first-order chi connectivity index (χ1) is 18.3. The lowest BCUT2D eigenvalue weighted by Crippen LogP contribution is -2.49. The number of carbonyl (C=O) groups is 4. The van der Waals surface area contributed by atoms with Crippen LogP contribution in [-0.4, -0.2) is 41.1 Å². The molecule has 3 aliphatic carbocycles. The van der Waals surface area contributed by atoms with Gasteiger partial charge in [0.25, 0.3) is 0 Å². The fraction of sp³-hybridized carbons (Fsp3) is 0.290. The van der Waals surface area contributed by atoms with Crippen molar-refractivity contribution in [3.05, 3.63) is 105 Å². The van der Waals surface area contributed by atoms with E-state index in [0.29, 0.717) is 5.56 Å². The maximum atomic E-state index is 14.0. The van der Waals surface area contributed by atoms with Crippen LogP contribution in [0.5, 0.6) is 0 Å². The van der Waals surface area contributed by atoms with Gasteiger partial charge in [-0.25, -0.2) is 4.79 Å². The Morgan fingerprint density at radius 2 is 1.24 bits per heavy atom. The smallest absolute Gasteiger partial charge is 0.330 e. The Kier molecular flexibility index (Phi) is 6.06. The van der Waals surface area contributed by atoms with Crippen LogP contribution < -0.4 is 0 Å². The normalized spacial score (nSPS) is 23.6. The van der Waals surface area contributed by atoms with E-state index in [1.54, 1.807) is 38.1 Å². The number of halogens is 1. The Balaban J connectivity index is 1.31. The highest BCUT2D eigenvalue weighted by atomic mass is 79.9. The number of carbonyl (C=O) groups excluding carboxylic acids is 4. The number of amides is 2. The SMILES string of the molecule is CC(C)[C@@H](C(=O)OCC(=O)c1ccc(Br)cc1)N1C(=O)[C@@H]2C3c4ccccc4C(c4ccccc43)[C@@H]2C1=O. The van der Waals surface area contributed by atoms with Crippen LogP contribution in [0.1, 0.15) is 58.3 Å². The van der Waals surface area contributed by atoms with E-state index in [0.717, 1.165) is 31.6 Å². The fourth-order valence-corrected chi connectivity index (χ4v) is 6.86. The Morgan fingerprint density at radius 3 is 1.66 bits per heavy atom. The molecule has 7 heteroatoms. The molecule has 7 rings (SSSR count). The third-order valence-electron chi connectivity index (χ3n) is 8.15. The van der Waals surface area contributed by atoms with E-state index < -0.39 is 30.5 Å². The zero-order chi connectivity index (χ0) is 26.7. The fourth-order valence-electron chi connectivity index (χ4n) is 6.59. The molecular weight excluding hydrogens is 546 g/mol. The molecule has 3 aromatic rings. The highest BCUT2D eigenvalue weighted by Gasteiger charge is 2.63. The third kappa shape index (κ3) is 3.67. The van der Waals surface area contributed by atoms with Crippen molar-refractivity contribution in [2.45, 2.75) is 31.7 Å². The number of ketones is 1. The number of rotatable bonds is 6. The number of nitrogens with zero attached hydrogens (tertiary/aromatic N) is 1. The van der Waals surface area contributed by atoms with Gasteiger partial charge in [-0.05, 0) is 40.3 Å². The zero-order valence-electron chi connectivity index (χ0n) is 21.0. The minimum absolute atomic E-state index is 0.248. The first-order valence-electron chi connectivity index (χ1n) is 12.8. The van der Waals surface area contributed by atoms with Gasteiger partial charge in [-0.15, -0.1) is 0 Å². The van der Waals surface area contributed by atoms with Gasteiger partial charge in [0.05, 0.1) is 11.8 Å². The highest BCUT2D eigenvalue weighted by Crippen LogP contribution is 2.61. The molecule has 6 nitrogen and oxygen atoms in total. The molecule has 192 valence electrons. The summed E-state index contributed by atoms with van der Waals surface area (Å²) in [6, 6.07) is 21.7. The molecule has 3 atom stereocenters. The summed E-state index contributed by atoms with van der Waals surface area (Å²) in [6.07, 6.45) is 0. The second-order valence-electron chi connectivity index (χ2n) is 10.5. The lowest BCUT2D eigenvalue weighted by atomic mass is 9.55.